The highest BCUT2D eigenvalue weighted by molar-refractivity contribution is 9.10. The maximum absolute atomic E-state index is 14.2. The highest BCUT2D eigenvalue weighted by Crippen LogP contribution is 2.25. The molecule has 0 aliphatic heterocycles. The van der Waals surface area contributed by atoms with Gasteiger partial charge in [-0.15, -0.1) is 11.8 Å². The second-order valence-corrected chi connectivity index (χ2v) is 11.0. The number of hydrogen-bond acceptors (Lipinski definition) is 3. The molecule has 1 atom stereocenters. The lowest BCUT2D eigenvalue weighted by molar-refractivity contribution is -0.139. The zero-order valence-corrected chi connectivity index (χ0v) is 23.4. The van der Waals surface area contributed by atoms with Crippen molar-refractivity contribution in [2.24, 2.45) is 0 Å². The third-order valence-corrected chi connectivity index (χ3v) is 7.27. The van der Waals surface area contributed by atoms with Crippen LogP contribution in [-0.4, -0.2) is 34.6 Å². The van der Waals surface area contributed by atoms with Gasteiger partial charge < -0.3 is 10.2 Å². The number of carbonyl (C=O) groups is 2. The number of rotatable bonds is 11. The molecule has 2 amide bonds. The van der Waals surface area contributed by atoms with Crippen molar-refractivity contribution < 1.29 is 14.0 Å². The van der Waals surface area contributed by atoms with Crippen LogP contribution in [0.15, 0.2) is 77.3 Å². The Hall–Kier alpha value is -2.35. The van der Waals surface area contributed by atoms with Crippen molar-refractivity contribution in [2.45, 2.75) is 44.6 Å². The number of benzene rings is 3. The van der Waals surface area contributed by atoms with Crippen molar-refractivity contribution in [1.29, 1.82) is 0 Å². The Bertz CT molecular complexity index is 1160. The lowest BCUT2D eigenvalue weighted by Gasteiger charge is -2.32. The third-order valence-electron chi connectivity index (χ3n) is 5.48. The molecule has 1 N–H and O–H groups in total. The number of thioether (sulfide) groups is 1. The molecule has 0 aliphatic rings. The van der Waals surface area contributed by atoms with Crippen LogP contribution in [0.5, 0.6) is 0 Å². The lowest BCUT2D eigenvalue weighted by Crippen LogP contribution is -2.52. The standard InChI is InChI=1S/C28H29BrClFN2O2S/c1-19(2)32-28(35)26(15-20-8-4-3-5-9-20)33(16-21-10-6-11-22(29)14-21)27(34)18-36-17-23-24(30)12-7-13-25(23)31/h3-14,19,26H,15-18H2,1-2H3,(H,32,35). The Morgan fingerprint density at radius 2 is 1.72 bits per heavy atom. The highest BCUT2D eigenvalue weighted by atomic mass is 79.9. The smallest absolute Gasteiger partial charge is 0.243 e. The SMILES string of the molecule is CC(C)NC(=O)C(Cc1ccccc1)N(Cc1cccc(Br)c1)C(=O)CSCc1c(F)cccc1Cl. The fourth-order valence-corrected chi connectivity index (χ4v) is 5.46. The molecule has 0 saturated carbocycles. The molecular weight excluding hydrogens is 563 g/mol. The number of halogens is 3. The van der Waals surface area contributed by atoms with Gasteiger partial charge in [-0.25, -0.2) is 4.39 Å². The molecule has 8 heteroatoms. The van der Waals surface area contributed by atoms with E-state index in [0.717, 1.165) is 15.6 Å². The summed E-state index contributed by atoms with van der Waals surface area (Å²) in [4.78, 5) is 28.6. The lowest BCUT2D eigenvalue weighted by atomic mass is 10.0. The zero-order chi connectivity index (χ0) is 26.1. The minimum Gasteiger partial charge on any atom is -0.352 e. The van der Waals surface area contributed by atoms with Crippen molar-refractivity contribution in [3.8, 4) is 0 Å². The first-order valence-corrected chi connectivity index (χ1v) is 14.0. The van der Waals surface area contributed by atoms with Crippen LogP contribution in [0.1, 0.15) is 30.5 Å². The quantitative estimate of drug-likeness (QED) is 0.272. The van der Waals surface area contributed by atoms with E-state index in [1.165, 1.54) is 17.8 Å². The number of carbonyl (C=O) groups excluding carboxylic acids is 2. The Kier molecular flexibility index (Phi) is 10.8. The molecule has 0 aliphatic carbocycles. The van der Waals surface area contributed by atoms with Gasteiger partial charge in [-0.05, 0) is 49.2 Å². The Labute approximate surface area is 229 Å². The average Bonchev–Trinajstić information content (AvgIpc) is 2.83. The summed E-state index contributed by atoms with van der Waals surface area (Å²) in [5.74, 6) is -0.471. The third kappa shape index (κ3) is 8.36. The topological polar surface area (TPSA) is 49.4 Å². The van der Waals surface area contributed by atoms with Crippen LogP contribution in [0.25, 0.3) is 0 Å². The first-order chi connectivity index (χ1) is 17.2. The predicted molar refractivity (Wildman–Crippen MR) is 149 cm³/mol. The molecule has 190 valence electrons. The van der Waals surface area contributed by atoms with Gasteiger partial charge in [0.2, 0.25) is 11.8 Å². The summed E-state index contributed by atoms with van der Waals surface area (Å²) < 4.78 is 15.1. The summed E-state index contributed by atoms with van der Waals surface area (Å²) in [6.45, 7) is 4.06. The van der Waals surface area contributed by atoms with Crippen molar-refractivity contribution in [3.05, 3.63) is 105 Å². The molecule has 0 fully saturated rings. The van der Waals surface area contributed by atoms with Gasteiger partial charge in [-0.3, -0.25) is 9.59 Å². The molecule has 36 heavy (non-hydrogen) atoms. The summed E-state index contributed by atoms with van der Waals surface area (Å²) in [6.07, 6.45) is 0.378. The van der Waals surface area contributed by atoms with Crippen LogP contribution in [-0.2, 0) is 28.3 Å². The van der Waals surface area contributed by atoms with Crippen LogP contribution in [0, 0.1) is 5.82 Å². The van der Waals surface area contributed by atoms with E-state index in [9.17, 15) is 14.0 Å². The maximum Gasteiger partial charge on any atom is 0.243 e. The molecule has 0 heterocycles. The molecular formula is C28H29BrClFN2O2S. The largest absolute Gasteiger partial charge is 0.352 e. The van der Waals surface area contributed by atoms with Gasteiger partial charge >= 0.3 is 0 Å². The molecule has 1 unspecified atom stereocenters. The van der Waals surface area contributed by atoms with Crippen molar-refractivity contribution in [2.75, 3.05) is 5.75 Å². The Balaban J connectivity index is 1.87. The zero-order valence-electron chi connectivity index (χ0n) is 20.2. The van der Waals surface area contributed by atoms with E-state index < -0.39 is 11.9 Å². The van der Waals surface area contributed by atoms with Crippen LogP contribution >= 0.6 is 39.3 Å². The summed E-state index contributed by atoms with van der Waals surface area (Å²) in [5.41, 5.74) is 2.23. The minimum absolute atomic E-state index is 0.0730. The summed E-state index contributed by atoms with van der Waals surface area (Å²) in [7, 11) is 0. The first kappa shape index (κ1) is 28.2. The number of hydrogen-bond donors (Lipinski definition) is 1. The maximum atomic E-state index is 14.2. The molecule has 0 aromatic heterocycles. The van der Waals surface area contributed by atoms with E-state index in [4.69, 9.17) is 11.6 Å². The summed E-state index contributed by atoms with van der Waals surface area (Å²) in [5, 5.41) is 3.31. The fraction of sp³-hybridized carbons (Fsp3) is 0.286. The van der Waals surface area contributed by atoms with Gasteiger partial charge in [-0.2, -0.15) is 0 Å². The van der Waals surface area contributed by atoms with Crippen molar-refractivity contribution in [3.63, 3.8) is 0 Å². The van der Waals surface area contributed by atoms with E-state index in [2.05, 4.69) is 21.2 Å². The Morgan fingerprint density at radius 3 is 2.39 bits per heavy atom. The monoisotopic (exact) mass is 590 g/mol. The van der Waals surface area contributed by atoms with Crippen molar-refractivity contribution >= 4 is 51.1 Å². The van der Waals surface area contributed by atoms with E-state index in [1.807, 2.05) is 68.4 Å². The van der Waals surface area contributed by atoms with E-state index in [-0.39, 0.29) is 35.9 Å². The molecule has 0 saturated heterocycles. The molecule has 3 rings (SSSR count). The molecule has 0 bridgehead atoms. The van der Waals surface area contributed by atoms with E-state index >= 15 is 0 Å². The number of amides is 2. The molecule has 4 nitrogen and oxygen atoms in total. The molecule has 3 aromatic rings. The number of nitrogens with one attached hydrogen (secondary N) is 1. The Morgan fingerprint density at radius 1 is 1.03 bits per heavy atom. The van der Waals surface area contributed by atoms with Crippen LogP contribution in [0.4, 0.5) is 4.39 Å². The minimum atomic E-state index is -0.709. The van der Waals surface area contributed by atoms with Gasteiger partial charge in [0.05, 0.1) is 5.75 Å². The second-order valence-electron chi connectivity index (χ2n) is 8.71. The van der Waals surface area contributed by atoms with Gasteiger partial charge in [0.1, 0.15) is 11.9 Å². The second kappa shape index (κ2) is 13.8. The highest BCUT2D eigenvalue weighted by Gasteiger charge is 2.30. The van der Waals surface area contributed by atoms with Gasteiger partial charge in [0.25, 0.3) is 0 Å². The van der Waals surface area contributed by atoms with Crippen molar-refractivity contribution in [1.82, 2.24) is 10.2 Å². The molecule has 3 aromatic carbocycles. The van der Waals surface area contributed by atoms with Gasteiger partial charge in [0.15, 0.2) is 0 Å². The van der Waals surface area contributed by atoms with Crippen LogP contribution in [0.3, 0.4) is 0 Å². The summed E-state index contributed by atoms with van der Waals surface area (Å²) in [6, 6.07) is 21.1. The van der Waals surface area contributed by atoms with Crippen LogP contribution < -0.4 is 5.32 Å². The molecule has 0 spiro atoms. The normalized spacial score (nSPS) is 11.8. The van der Waals surface area contributed by atoms with E-state index in [1.54, 1.807) is 17.0 Å². The molecule has 0 radical (unpaired) electrons. The fourth-order valence-electron chi connectivity index (χ4n) is 3.76. The van der Waals surface area contributed by atoms with Gasteiger partial charge in [-0.1, -0.05) is 76.1 Å². The first-order valence-electron chi connectivity index (χ1n) is 11.6. The predicted octanol–water partition coefficient (Wildman–Crippen LogP) is 6.64. The van der Waals surface area contributed by atoms with E-state index in [0.29, 0.717) is 17.0 Å². The van der Waals surface area contributed by atoms with Gasteiger partial charge in [0, 0.05) is 39.8 Å². The van der Waals surface area contributed by atoms with Crippen LogP contribution in [0.2, 0.25) is 5.02 Å². The summed E-state index contributed by atoms with van der Waals surface area (Å²) >= 11 is 10.9. The average molecular weight is 592 g/mol. The number of nitrogens with zero attached hydrogens (tertiary/aromatic N) is 1.